The molecule has 0 spiro atoms. The van der Waals surface area contributed by atoms with Crippen LogP contribution >= 0.6 is 0 Å². The second kappa shape index (κ2) is 3.63. The van der Waals surface area contributed by atoms with Crippen molar-refractivity contribution >= 4 is 11.7 Å². The average molecular weight is 225 g/mol. The summed E-state index contributed by atoms with van der Waals surface area (Å²) in [6, 6.07) is 15.0. The van der Waals surface area contributed by atoms with Crippen molar-refractivity contribution in [3.63, 3.8) is 0 Å². The van der Waals surface area contributed by atoms with Crippen LogP contribution in [0, 0.1) is 0 Å². The molecule has 2 aromatic rings. The van der Waals surface area contributed by atoms with Crippen molar-refractivity contribution in [3.8, 4) is 0 Å². The third kappa shape index (κ3) is 1.56. The summed E-state index contributed by atoms with van der Waals surface area (Å²) >= 11 is 0. The predicted octanol–water partition coefficient (Wildman–Crippen LogP) is 2.53. The minimum atomic E-state index is -0.306. The summed E-state index contributed by atoms with van der Waals surface area (Å²) in [7, 11) is 0. The molecule has 0 aliphatic carbocycles. The number of esters is 1. The molecule has 2 aromatic carbocycles. The number of nitrogen functional groups attached to an aromatic ring is 1. The Bertz CT molecular complexity index is 578. The Morgan fingerprint density at radius 3 is 2.59 bits per heavy atom. The van der Waals surface area contributed by atoms with Gasteiger partial charge in [0.1, 0.15) is 0 Å². The van der Waals surface area contributed by atoms with Crippen LogP contribution in [0.15, 0.2) is 48.5 Å². The van der Waals surface area contributed by atoms with E-state index in [0.717, 1.165) is 11.1 Å². The van der Waals surface area contributed by atoms with Crippen molar-refractivity contribution < 1.29 is 9.53 Å². The van der Waals surface area contributed by atoms with Crippen LogP contribution in [0.5, 0.6) is 0 Å². The maximum atomic E-state index is 11.7. The van der Waals surface area contributed by atoms with Gasteiger partial charge in [-0.2, -0.15) is 0 Å². The monoisotopic (exact) mass is 225 g/mol. The summed E-state index contributed by atoms with van der Waals surface area (Å²) in [5, 5.41) is 0. The first-order chi connectivity index (χ1) is 8.25. The minimum absolute atomic E-state index is 0.304. The summed E-state index contributed by atoms with van der Waals surface area (Å²) in [6.45, 7) is 0. The Labute approximate surface area is 98.8 Å². The Morgan fingerprint density at radius 1 is 1.06 bits per heavy atom. The standard InChI is InChI=1S/C14H11NO2/c15-10-6-7-11-12(8-10)14(16)17-13(11)9-4-2-1-3-5-9/h1-8,13H,15H2. The number of benzene rings is 2. The van der Waals surface area contributed by atoms with Crippen LogP contribution in [0.3, 0.4) is 0 Å². The summed E-state index contributed by atoms with van der Waals surface area (Å²) in [6.07, 6.45) is -0.306. The van der Waals surface area contributed by atoms with Crippen LogP contribution in [-0.2, 0) is 4.74 Å². The lowest BCUT2D eigenvalue weighted by Crippen LogP contribution is -1.99. The van der Waals surface area contributed by atoms with Crippen molar-refractivity contribution in [2.24, 2.45) is 0 Å². The van der Waals surface area contributed by atoms with Crippen molar-refractivity contribution in [2.45, 2.75) is 6.10 Å². The maximum Gasteiger partial charge on any atom is 0.339 e. The van der Waals surface area contributed by atoms with Gasteiger partial charge in [-0.1, -0.05) is 36.4 Å². The van der Waals surface area contributed by atoms with Crippen LogP contribution in [0.4, 0.5) is 5.69 Å². The molecule has 1 aliphatic heterocycles. The lowest BCUT2D eigenvalue weighted by atomic mass is 9.99. The molecule has 1 heterocycles. The van der Waals surface area contributed by atoms with E-state index in [1.54, 1.807) is 12.1 Å². The number of hydrogen-bond acceptors (Lipinski definition) is 3. The molecule has 3 nitrogen and oxygen atoms in total. The van der Waals surface area contributed by atoms with Crippen LogP contribution in [0.2, 0.25) is 0 Å². The van der Waals surface area contributed by atoms with E-state index in [2.05, 4.69) is 0 Å². The van der Waals surface area contributed by atoms with Gasteiger partial charge in [0, 0.05) is 11.3 Å². The van der Waals surface area contributed by atoms with Crippen LogP contribution < -0.4 is 5.73 Å². The fourth-order valence-corrected chi connectivity index (χ4v) is 2.09. The van der Waals surface area contributed by atoms with Gasteiger partial charge in [-0.3, -0.25) is 0 Å². The first-order valence-electron chi connectivity index (χ1n) is 5.41. The number of carbonyl (C=O) groups excluding carboxylic acids is 1. The molecular formula is C14H11NO2. The van der Waals surface area contributed by atoms with Gasteiger partial charge in [0.25, 0.3) is 0 Å². The first-order valence-corrected chi connectivity index (χ1v) is 5.41. The number of fused-ring (bicyclic) bond motifs is 1. The Morgan fingerprint density at radius 2 is 1.82 bits per heavy atom. The lowest BCUT2D eigenvalue weighted by Gasteiger charge is -2.10. The minimum Gasteiger partial charge on any atom is -0.449 e. The lowest BCUT2D eigenvalue weighted by molar-refractivity contribution is 0.0456. The zero-order valence-electron chi connectivity index (χ0n) is 9.09. The fraction of sp³-hybridized carbons (Fsp3) is 0.0714. The number of cyclic esters (lactones) is 1. The van der Waals surface area contributed by atoms with Crippen molar-refractivity contribution in [1.82, 2.24) is 0 Å². The topological polar surface area (TPSA) is 52.3 Å². The first kappa shape index (κ1) is 9.90. The Balaban J connectivity index is 2.11. The third-order valence-corrected chi connectivity index (χ3v) is 2.91. The van der Waals surface area contributed by atoms with Gasteiger partial charge in [0.2, 0.25) is 0 Å². The van der Waals surface area contributed by atoms with Crippen molar-refractivity contribution in [1.29, 1.82) is 0 Å². The Kier molecular flexibility index (Phi) is 2.11. The number of carbonyl (C=O) groups is 1. The average Bonchev–Trinajstić information content (AvgIpc) is 2.68. The fourth-order valence-electron chi connectivity index (χ4n) is 2.09. The summed E-state index contributed by atoms with van der Waals surface area (Å²) in [5.41, 5.74) is 8.68. The van der Waals surface area contributed by atoms with Gasteiger partial charge in [0.05, 0.1) is 5.56 Å². The molecule has 1 unspecified atom stereocenters. The summed E-state index contributed by atoms with van der Waals surface area (Å²) < 4.78 is 5.38. The number of nitrogens with two attached hydrogens (primary N) is 1. The molecule has 17 heavy (non-hydrogen) atoms. The normalized spacial score (nSPS) is 17.6. The molecule has 1 aliphatic rings. The number of rotatable bonds is 1. The largest absolute Gasteiger partial charge is 0.449 e. The van der Waals surface area contributed by atoms with E-state index in [1.807, 2.05) is 36.4 Å². The zero-order valence-corrected chi connectivity index (χ0v) is 9.09. The molecule has 0 radical (unpaired) electrons. The Hall–Kier alpha value is -2.29. The van der Waals surface area contributed by atoms with Crippen molar-refractivity contribution in [3.05, 3.63) is 65.2 Å². The van der Waals surface area contributed by atoms with Crippen molar-refractivity contribution in [2.75, 3.05) is 5.73 Å². The maximum absolute atomic E-state index is 11.7. The van der Waals surface area contributed by atoms with Gasteiger partial charge in [-0.15, -0.1) is 0 Å². The van der Waals surface area contributed by atoms with Gasteiger partial charge < -0.3 is 10.5 Å². The second-order valence-corrected chi connectivity index (χ2v) is 4.04. The molecule has 0 saturated carbocycles. The number of ether oxygens (including phenoxy) is 1. The molecule has 84 valence electrons. The molecule has 3 rings (SSSR count). The van der Waals surface area contributed by atoms with E-state index >= 15 is 0 Å². The SMILES string of the molecule is Nc1ccc2c(c1)C(=O)OC2c1ccccc1. The highest BCUT2D eigenvalue weighted by molar-refractivity contribution is 5.95. The number of hydrogen-bond donors (Lipinski definition) is 1. The van der Waals surface area contributed by atoms with E-state index in [9.17, 15) is 4.79 Å². The predicted molar refractivity (Wildman–Crippen MR) is 64.6 cm³/mol. The molecule has 1 atom stereocenters. The molecule has 0 aromatic heterocycles. The van der Waals surface area contributed by atoms with Crippen LogP contribution in [0.25, 0.3) is 0 Å². The highest BCUT2D eigenvalue weighted by Gasteiger charge is 2.31. The van der Waals surface area contributed by atoms with Crippen LogP contribution in [-0.4, -0.2) is 5.97 Å². The van der Waals surface area contributed by atoms with E-state index in [1.165, 1.54) is 0 Å². The second-order valence-electron chi connectivity index (χ2n) is 4.04. The van der Waals surface area contributed by atoms with Gasteiger partial charge in [-0.25, -0.2) is 4.79 Å². The van der Waals surface area contributed by atoms with E-state index in [-0.39, 0.29) is 12.1 Å². The zero-order chi connectivity index (χ0) is 11.8. The van der Waals surface area contributed by atoms with Gasteiger partial charge in [0.15, 0.2) is 6.10 Å². The summed E-state index contributed by atoms with van der Waals surface area (Å²) in [5.74, 6) is -0.304. The van der Waals surface area contributed by atoms with Gasteiger partial charge >= 0.3 is 5.97 Å². The highest BCUT2D eigenvalue weighted by Crippen LogP contribution is 2.36. The molecular weight excluding hydrogens is 214 g/mol. The molecule has 0 amide bonds. The summed E-state index contributed by atoms with van der Waals surface area (Å²) in [4.78, 5) is 11.7. The third-order valence-electron chi connectivity index (χ3n) is 2.91. The molecule has 0 saturated heterocycles. The highest BCUT2D eigenvalue weighted by atomic mass is 16.5. The van der Waals surface area contributed by atoms with E-state index in [4.69, 9.17) is 10.5 Å². The van der Waals surface area contributed by atoms with E-state index < -0.39 is 0 Å². The molecule has 3 heteroatoms. The van der Waals surface area contributed by atoms with Gasteiger partial charge in [-0.05, 0) is 17.7 Å². The van der Waals surface area contributed by atoms with Crippen LogP contribution in [0.1, 0.15) is 27.6 Å². The molecule has 0 fully saturated rings. The smallest absolute Gasteiger partial charge is 0.339 e. The van der Waals surface area contributed by atoms with E-state index in [0.29, 0.717) is 11.3 Å². The molecule has 2 N–H and O–H groups in total. The quantitative estimate of drug-likeness (QED) is 0.599. The number of anilines is 1. The molecule has 0 bridgehead atoms.